The van der Waals surface area contributed by atoms with Gasteiger partial charge in [0.2, 0.25) is 5.91 Å². The van der Waals surface area contributed by atoms with Crippen molar-refractivity contribution in [3.05, 3.63) is 51.7 Å². The van der Waals surface area contributed by atoms with Crippen molar-refractivity contribution in [3.8, 4) is 0 Å². The summed E-state index contributed by atoms with van der Waals surface area (Å²) in [4.78, 5) is 16.1. The highest BCUT2D eigenvalue weighted by Gasteiger charge is 2.04. The number of nitrogens with one attached hydrogen (secondary N) is 1. The van der Waals surface area contributed by atoms with Gasteiger partial charge in [0.25, 0.3) is 0 Å². The average molecular weight is 292 g/mol. The Morgan fingerprint density at radius 3 is 2.75 bits per heavy atom. The molecule has 1 aromatic heterocycles. The van der Waals surface area contributed by atoms with Crippen molar-refractivity contribution in [2.24, 2.45) is 0 Å². The van der Waals surface area contributed by atoms with E-state index in [1.54, 1.807) is 23.5 Å². The van der Waals surface area contributed by atoms with Gasteiger partial charge in [0, 0.05) is 24.0 Å². The van der Waals surface area contributed by atoms with Crippen LogP contribution in [0.5, 0.6) is 0 Å². The van der Waals surface area contributed by atoms with Gasteiger partial charge in [0.05, 0.1) is 11.4 Å². The number of amides is 1. The molecule has 106 valence electrons. The monoisotopic (exact) mass is 292 g/mol. The van der Waals surface area contributed by atoms with Crippen LogP contribution in [-0.2, 0) is 17.6 Å². The van der Waals surface area contributed by atoms with Crippen LogP contribution >= 0.6 is 11.3 Å². The Bertz CT molecular complexity index is 566. The van der Waals surface area contributed by atoms with Gasteiger partial charge in [-0.2, -0.15) is 0 Å². The molecular formula is C15H17FN2OS. The Hall–Kier alpha value is -1.75. The first-order chi connectivity index (χ1) is 9.63. The quantitative estimate of drug-likeness (QED) is 0.832. The van der Waals surface area contributed by atoms with Crippen LogP contribution in [0, 0.1) is 12.7 Å². The van der Waals surface area contributed by atoms with Crippen LogP contribution in [0.4, 0.5) is 4.39 Å². The van der Waals surface area contributed by atoms with Crippen LogP contribution in [0.2, 0.25) is 0 Å². The molecule has 1 N–H and O–H groups in total. The van der Waals surface area contributed by atoms with Crippen LogP contribution in [-0.4, -0.2) is 17.4 Å². The third kappa shape index (κ3) is 4.74. The van der Waals surface area contributed by atoms with E-state index in [9.17, 15) is 9.18 Å². The van der Waals surface area contributed by atoms with E-state index in [1.807, 2.05) is 12.3 Å². The zero-order valence-electron chi connectivity index (χ0n) is 11.4. The highest BCUT2D eigenvalue weighted by molar-refractivity contribution is 7.09. The maximum absolute atomic E-state index is 12.7. The lowest BCUT2D eigenvalue weighted by atomic mass is 10.1. The number of carbonyl (C=O) groups is 1. The van der Waals surface area contributed by atoms with Gasteiger partial charge in [0.15, 0.2) is 0 Å². The van der Waals surface area contributed by atoms with Crippen molar-refractivity contribution in [2.75, 3.05) is 6.54 Å². The van der Waals surface area contributed by atoms with Gasteiger partial charge in [0.1, 0.15) is 5.82 Å². The summed E-state index contributed by atoms with van der Waals surface area (Å²) in [5, 5.41) is 6.00. The van der Waals surface area contributed by atoms with E-state index in [1.165, 1.54) is 12.1 Å². The first-order valence-electron chi connectivity index (χ1n) is 6.55. The van der Waals surface area contributed by atoms with Crippen LogP contribution in [0.15, 0.2) is 29.6 Å². The summed E-state index contributed by atoms with van der Waals surface area (Å²) in [5.41, 5.74) is 1.87. The van der Waals surface area contributed by atoms with Gasteiger partial charge in [-0.1, -0.05) is 12.1 Å². The van der Waals surface area contributed by atoms with Crippen LogP contribution < -0.4 is 5.32 Å². The average Bonchev–Trinajstić information content (AvgIpc) is 2.83. The molecule has 3 nitrogen and oxygen atoms in total. The smallest absolute Gasteiger partial charge is 0.224 e. The highest BCUT2D eigenvalue weighted by Crippen LogP contribution is 2.10. The number of nitrogens with zero attached hydrogens (tertiary/aromatic N) is 1. The SMILES string of the molecule is Cc1csc(CCCNC(=O)Cc2ccc(F)cc2)n1. The fourth-order valence-electron chi connectivity index (χ4n) is 1.84. The molecule has 1 heterocycles. The van der Waals surface area contributed by atoms with E-state index in [0.29, 0.717) is 6.54 Å². The summed E-state index contributed by atoms with van der Waals surface area (Å²) in [5.74, 6) is -0.320. The molecule has 0 saturated carbocycles. The fourth-order valence-corrected chi connectivity index (χ4v) is 2.65. The maximum atomic E-state index is 12.7. The molecule has 0 aliphatic heterocycles. The summed E-state index contributed by atoms with van der Waals surface area (Å²) >= 11 is 1.65. The second-order valence-corrected chi connectivity index (χ2v) is 5.58. The Kier molecular flexibility index (Phi) is 5.24. The Morgan fingerprint density at radius 1 is 1.35 bits per heavy atom. The number of thiazole rings is 1. The lowest BCUT2D eigenvalue weighted by Gasteiger charge is -2.04. The Labute approximate surface area is 121 Å². The minimum Gasteiger partial charge on any atom is -0.356 e. The van der Waals surface area contributed by atoms with E-state index < -0.39 is 0 Å². The molecule has 5 heteroatoms. The van der Waals surface area contributed by atoms with Gasteiger partial charge in [-0.05, 0) is 31.0 Å². The zero-order valence-corrected chi connectivity index (χ0v) is 12.2. The number of aryl methyl sites for hydroxylation is 2. The number of hydrogen-bond acceptors (Lipinski definition) is 3. The molecule has 0 radical (unpaired) electrons. The predicted molar refractivity (Wildman–Crippen MR) is 78.3 cm³/mol. The van der Waals surface area contributed by atoms with Crippen molar-refractivity contribution in [3.63, 3.8) is 0 Å². The van der Waals surface area contributed by atoms with Crippen LogP contribution in [0.1, 0.15) is 22.7 Å². The largest absolute Gasteiger partial charge is 0.356 e. The van der Waals surface area contributed by atoms with Crippen molar-refractivity contribution in [1.82, 2.24) is 10.3 Å². The topological polar surface area (TPSA) is 42.0 Å². The molecule has 0 saturated heterocycles. The van der Waals surface area contributed by atoms with Crippen molar-refractivity contribution in [1.29, 1.82) is 0 Å². The molecule has 0 aliphatic rings. The third-order valence-electron chi connectivity index (χ3n) is 2.83. The molecule has 1 aromatic carbocycles. The lowest BCUT2D eigenvalue weighted by molar-refractivity contribution is -0.120. The zero-order chi connectivity index (χ0) is 14.4. The van der Waals surface area contributed by atoms with E-state index in [-0.39, 0.29) is 18.1 Å². The standard InChI is InChI=1S/C15H17FN2OS/c1-11-10-20-15(18-11)3-2-8-17-14(19)9-12-4-6-13(16)7-5-12/h4-7,10H,2-3,8-9H2,1H3,(H,17,19). The van der Waals surface area contributed by atoms with Crippen LogP contribution in [0.3, 0.4) is 0 Å². The molecule has 0 unspecified atom stereocenters. The minimum absolute atomic E-state index is 0.0353. The van der Waals surface area contributed by atoms with Crippen LogP contribution in [0.25, 0.3) is 0 Å². The van der Waals surface area contributed by atoms with Crippen molar-refractivity contribution in [2.45, 2.75) is 26.2 Å². The fraction of sp³-hybridized carbons (Fsp3) is 0.333. The van der Waals surface area contributed by atoms with Crippen molar-refractivity contribution < 1.29 is 9.18 Å². The first kappa shape index (κ1) is 14.7. The molecule has 0 bridgehead atoms. The van der Waals surface area contributed by atoms with Gasteiger partial charge < -0.3 is 5.32 Å². The molecule has 0 spiro atoms. The number of hydrogen-bond donors (Lipinski definition) is 1. The van der Waals surface area contributed by atoms with E-state index in [2.05, 4.69) is 10.3 Å². The van der Waals surface area contributed by atoms with E-state index >= 15 is 0 Å². The summed E-state index contributed by atoms with van der Waals surface area (Å²) in [7, 11) is 0. The Morgan fingerprint density at radius 2 is 2.10 bits per heavy atom. The first-order valence-corrected chi connectivity index (χ1v) is 7.43. The molecule has 20 heavy (non-hydrogen) atoms. The molecule has 2 rings (SSSR count). The highest BCUT2D eigenvalue weighted by atomic mass is 32.1. The number of rotatable bonds is 6. The summed E-state index contributed by atoms with van der Waals surface area (Å²) in [6.07, 6.45) is 2.05. The predicted octanol–water partition coefficient (Wildman–Crippen LogP) is 2.88. The Balaban J connectivity index is 1.66. The molecule has 0 aliphatic carbocycles. The number of carbonyl (C=O) groups excluding carboxylic acids is 1. The van der Waals surface area contributed by atoms with Gasteiger partial charge >= 0.3 is 0 Å². The second kappa shape index (κ2) is 7.14. The maximum Gasteiger partial charge on any atom is 0.224 e. The summed E-state index contributed by atoms with van der Waals surface area (Å²) in [6, 6.07) is 6.00. The van der Waals surface area contributed by atoms with E-state index in [4.69, 9.17) is 0 Å². The van der Waals surface area contributed by atoms with E-state index in [0.717, 1.165) is 29.1 Å². The molecule has 1 amide bonds. The summed E-state index contributed by atoms with van der Waals surface area (Å²) in [6.45, 7) is 2.61. The molecule has 0 atom stereocenters. The third-order valence-corrected chi connectivity index (χ3v) is 3.86. The minimum atomic E-state index is -0.284. The van der Waals surface area contributed by atoms with Gasteiger partial charge in [-0.15, -0.1) is 11.3 Å². The lowest BCUT2D eigenvalue weighted by Crippen LogP contribution is -2.26. The van der Waals surface area contributed by atoms with Gasteiger partial charge in [-0.3, -0.25) is 4.79 Å². The van der Waals surface area contributed by atoms with Crippen molar-refractivity contribution >= 4 is 17.2 Å². The normalized spacial score (nSPS) is 10.5. The molecule has 0 fully saturated rings. The van der Waals surface area contributed by atoms with Gasteiger partial charge in [-0.25, -0.2) is 9.37 Å². The molecular weight excluding hydrogens is 275 g/mol. The number of aromatic nitrogens is 1. The molecule has 2 aromatic rings. The number of benzene rings is 1. The second-order valence-electron chi connectivity index (χ2n) is 4.64. The number of halogens is 1. The summed E-state index contributed by atoms with van der Waals surface area (Å²) < 4.78 is 12.7.